The van der Waals surface area contributed by atoms with E-state index in [4.69, 9.17) is 47.7 Å². The molecule has 1 aromatic rings. The van der Waals surface area contributed by atoms with Gasteiger partial charge in [-0.05, 0) is 12.1 Å². The number of nitro benzene ring substituents is 1. The van der Waals surface area contributed by atoms with Gasteiger partial charge in [0.15, 0.2) is 0 Å². The quantitative estimate of drug-likeness (QED) is 0.0421. The number of carbonyl (C=O) groups excluding carboxylic acids is 2. The van der Waals surface area contributed by atoms with E-state index in [0.29, 0.717) is 98.2 Å². The van der Waals surface area contributed by atoms with Crippen LogP contribution in [0.1, 0.15) is 12.8 Å². The topological polar surface area (TPSA) is 198 Å². The van der Waals surface area contributed by atoms with Crippen molar-refractivity contribution in [2.45, 2.75) is 12.8 Å². The van der Waals surface area contributed by atoms with Crippen LogP contribution in [0.5, 0.6) is 5.75 Å². The first-order chi connectivity index (χ1) is 20.9. The Morgan fingerprint density at radius 2 is 0.953 bits per heavy atom. The fourth-order valence-corrected chi connectivity index (χ4v) is 2.91. The number of Topliss-reactive ketones (excluding diaryl/α,β-unsaturated/α-hetero) is 1. The number of rotatable bonds is 30. The molecule has 0 aliphatic heterocycles. The molecule has 0 saturated heterocycles. The molecule has 0 unspecified atom stereocenters. The Morgan fingerprint density at radius 1 is 0.581 bits per heavy atom. The molecule has 244 valence electrons. The molecule has 0 bridgehead atoms. The summed E-state index contributed by atoms with van der Waals surface area (Å²) in [5.74, 6) is -2.72. The molecule has 1 aromatic carbocycles. The number of hydrogen-bond donors (Lipinski definition) is 1. The third-order valence-corrected chi connectivity index (χ3v) is 5.06. The molecule has 0 fully saturated rings. The van der Waals surface area contributed by atoms with Crippen molar-refractivity contribution in [3.63, 3.8) is 0 Å². The van der Waals surface area contributed by atoms with Crippen LogP contribution in [0.25, 0.3) is 0 Å². The van der Waals surface area contributed by atoms with Gasteiger partial charge in [0, 0.05) is 18.6 Å². The Bertz CT molecular complexity index is 897. The predicted molar refractivity (Wildman–Crippen MR) is 147 cm³/mol. The average Bonchev–Trinajstić information content (AvgIpc) is 2.99. The van der Waals surface area contributed by atoms with Crippen molar-refractivity contribution >= 4 is 23.4 Å². The minimum absolute atomic E-state index is 0.00563. The molecule has 16 heteroatoms. The lowest BCUT2D eigenvalue weighted by molar-refractivity contribution is -0.384. The maximum atomic E-state index is 11.3. The minimum Gasteiger partial charge on any atom is -0.491 e. The summed E-state index contributed by atoms with van der Waals surface area (Å²) in [6, 6.07) is 5.85. The molecule has 0 radical (unpaired) electrons. The molecule has 43 heavy (non-hydrogen) atoms. The van der Waals surface area contributed by atoms with Crippen molar-refractivity contribution in [2.75, 3.05) is 106 Å². The predicted octanol–water partition coefficient (Wildman–Crippen LogP) is 1.07. The molecule has 0 heterocycles. The molecule has 0 aromatic heterocycles. The van der Waals surface area contributed by atoms with Crippen molar-refractivity contribution in [2.24, 2.45) is 0 Å². The Hall–Kier alpha value is -3.25. The minimum atomic E-state index is -1.57. The maximum Gasteiger partial charge on any atom is 0.372 e. The molecular formula is C27H41NO15. The normalized spacial score (nSPS) is 10.9. The van der Waals surface area contributed by atoms with Crippen molar-refractivity contribution < 1.29 is 67.0 Å². The lowest BCUT2D eigenvalue weighted by Crippen LogP contribution is -2.17. The first-order valence-electron chi connectivity index (χ1n) is 13.7. The van der Waals surface area contributed by atoms with Gasteiger partial charge in [0.1, 0.15) is 19.0 Å². The highest BCUT2D eigenvalue weighted by Crippen LogP contribution is 2.17. The van der Waals surface area contributed by atoms with E-state index in [-0.39, 0.29) is 25.3 Å². The standard InChI is InChI=1S/C27H41NO15/c29-25(27(31)32)5-6-26(30)43-22-20-41-18-16-39-14-12-37-10-8-35-7-9-36-11-13-38-15-17-40-19-21-42-24-3-1-23(2-4-24)28(33)34/h1-4H,5-22H2,(H,31,32). The van der Waals surface area contributed by atoms with Gasteiger partial charge < -0.3 is 47.7 Å². The Labute approximate surface area is 249 Å². The van der Waals surface area contributed by atoms with Crippen LogP contribution in [-0.2, 0) is 52.3 Å². The summed E-state index contributed by atoms with van der Waals surface area (Å²) in [5, 5.41) is 19.0. The van der Waals surface area contributed by atoms with Crippen LogP contribution in [0.15, 0.2) is 24.3 Å². The molecule has 0 atom stereocenters. The molecule has 0 aliphatic rings. The van der Waals surface area contributed by atoms with Gasteiger partial charge in [0.2, 0.25) is 5.78 Å². The highest BCUT2D eigenvalue weighted by molar-refractivity contribution is 6.32. The average molecular weight is 620 g/mol. The zero-order chi connectivity index (χ0) is 31.4. The largest absolute Gasteiger partial charge is 0.491 e. The first-order valence-corrected chi connectivity index (χ1v) is 13.7. The van der Waals surface area contributed by atoms with Crippen LogP contribution in [-0.4, -0.2) is 133 Å². The van der Waals surface area contributed by atoms with Crippen LogP contribution >= 0.6 is 0 Å². The van der Waals surface area contributed by atoms with Gasteiger partial charge in [0.05, 0.1) is 104 Å². The number of aliphatic carboxylic acids is 1. The third-order valence-electron chi connectivity index (χ3n) is 5.06. The second kappa shape index (κ2) is 26.4. The van der Waals surface area contributed by atoms with Gasteiger partial charge in [0.25, 0.3) is 5.69 Å². The number of esters is 1. The summed E-state index contributed by atoms with van der Waals surface area (Å²) in [6.45, 7) is 5.73. The second-order valence-corrected chi connectivity index (χ2v) is 8.33. The number of carbonyl (C=O) groups is 3. The zero-order valence-corrected chi connectivity index (χ0v) is 24.1. The van der Waals surface area contributed by atoms with E-state index in [0.717, 1.165) is 0 Å². The van der Waals surface area contributed by atoms with Crippen molar-refractivity contribution in [3.05, 3.63) is 34.4 Å². The number of benzene rings is 1. The Kier molecular flexibility index (Phi) is 23.2. The fourth-order valence-electron chi connectivity index (χ4n) is 2.91. The van der Waals surface area contributed by atoms with Crippen LogP contribution in [0, 0.1) is 10.1 Å². The van der Waals surface area contributed by atoms with Crippen molar-refractivity contribution in [3.8, 4) is 5.75 Å². The van der Waals surface area contributed by atoms with E-state index in [1.165, 1.54) is 12.1 Å². The summed E-state index contributed by atoms with van der Waals surface area (Å²) >= 11 is 0. The van der Waals surface area contributed by atoms with Crippen LogP contribution < -0.4 is 4.74 Å². The maximum absolute atomic E-state index is 11.3. The monoisotopic (exact) mass is 619 g/mol. The highest BCUT2D eigenvalue weighted by atomic mass is 16.6. The third kappa shape index (κ3) is 23.0. The summed E-state index contributed by atoms with van der Waals surface area (Å²) in [7, 11) is 0. The Balaban J connectivity index is 1.71. The molecule has 0 amide bonds. The van der Waals surface area contributed by atoms with Gasteiger partial charge in [-0.25, -0.2) is 4.79 Å². The summed E-state index contributed by atoms with van der Waals surface area (Å²) in [4.78, 5) is 42.7. The van der Waals surface area contributed by atoms with E-state index < -0.39 is 29.1 Å². The highest BCUT2D eigenvalue weighted by Gasteiger charge is 2.14. The van der Waals surface area contributed by atoms with Gasteiger partial charge in [-0.2, -0.15) is 0 Å². The fraction of sp³-hybridized carbons (Fsp3) is 0.667. The van der Waals surface area contributed by atoms with Crippen molar-refractivity contribution in [1.82, 2.24) is 0 Å². The summed E-state index contributed by atoms with van der Waals surface area (Å²) in [5.41, 5.74) is 0.0119. The number of ether oxygens (including phenoxy) is 9. The molecular weight excluding hydrogens is 578 g/mol. The molecule has 16 nitrogen and oxygen atoms in total. The molecule has 0 spiro atoms. The molecule has 0 saturated carbocycles. The van der Waals surface area contributed by atoms with Gasteiger partial charge >= 0.3 is 11.9 Å². The number of non-ortho nitro benzene ring substituents is 1. The van der Waals surface area contributed by atoms with Gasteiger partial charge in [-0.15, -0.1) is 0 Å². The number of carboxylic acids is 1. The van der Waals surface area contributed by atoms with Crippen LogP contribution in [0.4, 0.5) is 5.69 Å². The number of nitro groups is 1. The van der Waals surface area contributed by atoms with E-state index in [1.54, 1.807) is 12.1 Å². The molecule has 0 aliphatic carbocycles. The summed E-state index contributed by atoms with van der Waals surface area (Å²) < 4.78 is 47.9. The van der Waals surface area contributed by atoms with Crippen LogP contribution in [0.2, 0.25) is 0 Å². The number of hydrogen-bond acceptors (Lipinski definition) is 14. The Morgan fingerprint density at radius 3 is 1.33 bits per heavy atom. The van der Waals surface area contributed by atoms with E-state index in [2.05, 4.69) is 0 Å². The van der Waals surface area contributed by atoms with E-state index in [9.17, 15) is 24.5 Å². The summed E-state index contributed by atoms with van der Waals surface area (Å²) in [6.07, 6.45) is -0.673. The zero-order valence-electron chi connectivity index (χ0n) is 24.1. The molecule has 1 N–H and O–H groups in total. The lowest BCUT2D eigenvalue weighted by Gasteiger charge is -2.09. The second-order valence-electron chi connectivity index (χ2n) is 8.33. The van der Waals surface area contributed by atoms with E-state index >= 15 is 0 Å². The number of carboxylic acid groups (broad SMARTS) is 1. The van der Waals surface area contributed by atoms with E-state index in [1.807, 2.05) is 0 Å². The lowest BCUT2D eigenvalue weighted by atomic mass is 10.2. The SMILES string of the molecule is O=C(CCC(=O)C(=O)O)OCCOCCOCCOCCOCCOCCOCCOCCOc1ccc([N+](=O)[O-])cc1. The van der Waals surface area contributed by atoms with Crippen LogP contribution in [0.3, 0.4) is 0 Å². The number of ketones is 1. The molecule has 1 rings (SSSR count). The van der Waals surface area contributed by atoms with Crippen molar-refractivity contribution in [1.29, 1.82) is 0 Å². The number of nitrogens with zero attached hydrogens (tertiary/aromatic N) is 1. The van der Waals surface area contributed by atoms with Gasteiger partial charge in [-0.1, -0.05) is 0 Å². The smallest absolute Gasteiger partial charge is 0.372 e. The first kappa shape index (κ1) is 37.8. The van der Waals surface area contributed by atoms with Gasteiger partial charge in [-0.3, -0.25) is 19.7 Å².